The number of aliphatic carboxylic acids is 1. The highest BCUT2D eigenvalue weighted by molar-refractivity contribution is 6.06. The van der Waals surface area contributed by atoms with Gasteiger partial charge in [0.2, 0.25) is 0 Å². The van der Waals surface area contributed by atoms with Crippen LogP contribution in [0.4, 0.5) is 0 Å². The van der Waals surface area contributed by atoms with Crippen LogP contribution in [0, 0.1) is 0 Å². The number of hydrogen-bond acceptors (Lipinski definition) is 4. The van der Waals surface area contributed by atoms with Crippen LogP contribution >= 0.6 is 0 Å². The average molecular weight is 522 g/mol. The van der Waals surface area contributed by atoms with Crippen molar-refractivity contribution in [3.63, 3.8) is 0 Å². The minimum absolute atomic E-state index is 0.0774. The van der Waals surface area contributed by atoms with E-state index in [0.29, 0.717) is 41.8 Å². The molecule has 0 saturated carbocycles. The summed E-state index contributed by atoms with van der Waals surface area (Å²) in [5, 5.41) is 9.30. The van der Waals surface area contributed by atoms with Crippen LogP contribution in [-0.4, -0.2) is 57.8 Å². The first kappa shape index (κ1) is 27.3. The van der Waals surface area contributed by atoms with Crippen molar-refractivity contribution in [3.8, 4) is 11.1 Å². The van der Waals surface area contributed by atoms with Gasteiger partial charge in [-0.3, -0.25) is 19.4 Å². The summed E-state index contributed by atoms with van der Waals surface area (Å²) in [5.41, 5.74) is 4.21. The van der Waals surface area contributed by atoms with Gasteiger partial charge in [0.25, 0.3) is 11.8 Å². The fourth-order valence-electron chi connectivity index (χ4n) is 4.47. The van der Waals surface area contributed by atoms with E-state index in [1.807, 2.05) is 72.8 Å². The highest BCUT2D eigenvalue weighted by Crippen LogP contribution is 2.29. The van der Waals surface area contributed by atoms with Gasteiger partial charge < -0.3 is 14.9 Å². The number of pyridine rings is 1. The highest BCUT2D eigenvalue weighted by atomic mass is 16.4. The molecule has 1 heterocycles. The Balaban J connectivity index is 1.64. The first-order valence-electron chi connectivity index (χ1n) is 12.8. The lowest BCUT2D eigenvalue weighted by atomic mass is 9.94. The Morgan fingerprint density at radius 1 is 0.692 bits per heavy atom. The quantitative estimate of drug-likeness (QED) is 0.294. The number of carboxylic acid groups (broad SMARTS) is 1. The maximum absolute atomic E-state index is 13.9. The minimum atomic E-state index is -0.970. The summed E-state index contributed by atoms with van der Waals surface area (Å²) in [6.45, 7) is 0.880. The third-order valence-corrected chi connectivity index (χ3v) is 6.52. The lowest BCUT2D eigenvalue weighted by Crippen LogP contribution is -2.35. The van der Waals surface area contributed by atoms with Gasteiger partial charge in [0.15, 0.2) is 0 Å². The number of hydrogen-bond donors (Lipinski definition) is 1. The van der Waals surface area contributed by atoms with Gasteiger partial charge in [-0.1, -0.05) is 66.7 Å². The minimum Gasteiger partial charge on any atom is -0.481 e. The van der Waals surface area contributed by atoms with E-state index in [0.717, 1.165) is 11.1 Å². The van der Waals surface area contributed by atoms with E-state index in [1.165, 1.54) is 0 Å². The monoisotopic (exact) mass is 521 g/mol. The Morgan fingerprint density at radius 2 is 1.26 bits per heavy atom. The lowest BCUT2D eigenvalue weighted by molar-refractivity contribution is -0.137. The van der Waals surface area contributed by atoms with Gasteiger partial charge in [-0.2, -0.15) is 0 Å². The lowest BCUT2D eigenvalue weighted by Gasteiger charge is -2.24. The van der Waals surface area contributed by atoms with Crippen molar-refractivity contribution in [2.24, 2.45) is 0 Å². The standard InChI is InChI=1S/C32H31N3O4/c1-34(23-25-9-3-2-4-10-25)31(38)28-13-7-5-11-26(28)27-12-6-8-14-29(27)32(39)35(22-18-30(36)37)21-17-24-15-19-33-20-16-24/h2-16,19-20H,17-18,21-23H2,1H3,(H,36,37). The van der Waals surface area contributed by atoms with Crippen molar-refractivity contribution >= 4 is 17.8 Å². The smallest absolute Gasteiger partial charge is 0.305 e. The van der Waals surface area contributed by atoms with Crippen molar-refractivity contribution in [3.05, 3.63) is 126 Å². The fraction of sp³-hybridized carbons (Fsp3) is 0.188. The topological polar surface area (TPSA) is 90.8 Å². The molecule has 0 aliphatic rings. The largest absolute Gasteiger partial charge is 0.481 e. The van der Waals surface area contributed by atoms with Crippen LogP contribution in [0.15, 0.2) is 103 Å². The van der Waals surface area contributed by atoms with Gasteiger partial charge in [-0.15, -0.1) is 0 Å². The molecule has 7 heteroatoms. The summed E-state index contributed by atoms with van der Waals surface area (Å²) in [5.74, 6) is -1.40. The molecule has 0 unspecified atom stereocenters. The van der Waals surface area contributed by atoms with E-state index < -0.39 is 5.97 Å². The van der Waals surface area contributed by atoms with Gasteiger partial charge in [-0.25, -0.2) is 0 Å². The molecular weight excluding hydrogens is 490 g/mol. The second kappa shape index (κ2) is 13.1. The molecule has 0 saturated heterocycles. The van der Waals surface area contributed by atoms with Crippen LogP contribution in [0.3, 0.4) is 0 Å². The van der Waals surface area contributed by atoms with E-state index >= 15 is 0 Å². The molecule has 0 fully saturated rings. The first-order valence-corrected chi connectivity index (χ1v) is 12.8. The number of carbonyl (C=O) groups excluding carboxylic acids is 2. The molecule has 0 atom stereocenters. The number of nitrogens with zero attached hydrogens (tertiary/aromatic N) is 3. The molecule has 39 heavy (non-hydrogen) atoms. The summed E-state index contributed by atoms with van der Waals surface area (Å²) in [6.07, 6.45) is 3.78. The van der Waals surface area contributed by atoms with Gasteiger partial charge in [-0.05, 0) is 52.9 Å². The van der Waals surface area contributed by atoms with E-state index in [2.05, 4.69) is 4.98 Å². The zero-order valence-corrected chi connectivity index (χ0v) is 21.9. The Hall–Kier alpha value is -4.78. The molecule has 3 aromatic carbocycles. The van der Waals surface area contributed by atoms with Crippen LogP contribution in [-0.2, 0) is 17.8 Å². The Labute approximate surface area is 228 Å². The summed E-state index contributed by atoms with van der Waals surface area (Å²) in [7, 11) is 1.76. The van der Waals surface area contributed by atoms with Crippen molar-refractivity contribution < 1.29 is 19.5 Å². The van der Waals surface area contributed by atoms with E-state index in [1.54, 1.807) is 47.4 Å². The average Bonchev–Trinajstić information content (AvgIpc) is 2.97. The summed E-state index contributed by atoms with van der Waals surface area (Å²) in [4.78, 5) is 46.0. The first-order chi connectivity index (χ1) is 18.9. The van der Waals surface area contributed by atoms with Crippen molar-refractivity contribution in [1.82, 2.24) is 14.8 Å². The van der Waals surface area contributed by atoms with Crippen molar-refractivity contribution in [2.45, 2.75) is 19.4 Å². The van der Waals surface area contributed by atoms with Crippen molar-refractivity contribution in [2.75, 3.05) is 20.1 Å². The van der Waals surface area contributed by atoms with Crippen LogP contribution in [0.2, 0.25) is 0 Å². The molecule has 7 nitrogen and oxygen atoms in total. The summed E-state index contributed by atoms with van der Waals surface area (Å²) < 4.78 is 0. The van der Waals surface area contributed by atoms with Crippen LogP contribution in [0.5, 0.6) is 0 Å². The molecule has 0 radical (unpaired) electrons. The zero-order chi connectivity index (χ0) is 27.6. The summed E-state index contributed by atoms with van der Waals surface area (Å²) >= 11 is 0. The van der Waals surface area contributed by atoms with E-state index in [-0.39, 0.29) is 24.8 Å². The zero-order valence-electron chi connectivity index (χ0n) is 21.9. The van der Waals surface area contributed by atoms with Gasteiger partial charge in [0.1, 0.15) is 0 Å². The Kier molecular flexibility index (Phi) is 9.19. The number of carboxylic acids is 1. The molecular formula is C32H31N3O4. The fourth-order valence-corrected chi connectivity index (χ4v) is 4.47. The number of rotatable bonds is 11. The van der Waals surface area contributed by atoms with Gasteiger partial charge in [0, 0.05) is 50.2 Å². The summed E-state index contributed by atoms with van der Waals surface area (Å²) in [6, 6.07) is 27.9. The molecule has 0 aliphatic heterocycles. The number of carbonyl (C=O) groups is 3. The molecule has 0 spiro atoms. The second-order valence-corrected chi connectivity index (χ2v) is 9.28. The molecule has 198 valence electrons. The molecule has 1 N–H and O–H groups in total. The van der Waals surface area contributed by atoms with Crippen LogP contribution in [0.1, 0.15) is 38.3 Å². The van der Waals surface area contributed by atoms with Crippen LogP contribution < -0.4 is 0 Å². The molecule has 0 bridgehead atoms. The molecule has 2 amide bonds. The normalized spacial score (nSPS) is 10.6. The Bertz CT molecular complexity index is 1420. The van der Waals surface area contributed by atoms with Gasteiger partial charge in [0.05, 0.1) is 6.42 Å². The molecule has 1 aromatic heterocycles. The maximum atomic E-state index is 13.9. The van der Waals surface area contributed by atoms with E-state index in [9.17, 15) is 19.5 Å². The third-order valence-electron chi connectivity index (χ3n) is 6.52. The van der Waals surface area contributed by atoms with E-state index in [4.69, 9.17) is 0 Å². The second-order valence-electron chi connectivity index (χ2n) is 9.28. The maximum Gasteiger partial charge on any atom is 0.305 e. The molecule has 4 aromatic rings. The van der Waals surface area contributed by atoms with Gasteiger partial charge >= 0.3 is 5.97 Å². The third kappa shape index (κ3) is 7.17. The predicted molar refractivity (Wildman–Crippen MR) is 150 cm³/mol. The number of aromatic nitrogens is 1. The predicted octanol–water partition coefficient (Wildman–Crippen LogP) is 5.18. The molecule has 4 rings (SSSR count). The van der Waals surface area contributed by atoms with Crippen LogP contribution in [0.25, 0.3) is 11.1 Å². The molecule has 0 aliphatic carbocycles. The number of benzene rings is 3. The SMILES string of the molecule is CN(Cc1ccccc1)C(=O)c1ccccc1-c1ccccc1C(=O)N(CCC(=O)O)CCc1ccncc1. The number of amides is 2. The highest BCUT2D eigenvalue weighted by Gasteiger charge is 2.23. The van der Waals surface area contributed by atoms with Crippen molar-refractivity contribution in [1.29, 1.82) is 0 Å². The Morgan fingerprint density at radius 3 is 1.87 bits per heavy atom.